The smallest absolute Gasteiger partial charge is 0.0786 e. The summed E-state index contributed by atoms with van der Waals surface area (Å²) in [5.41, 5.74) is 0. The first-order valence-electron chi connectivity index (χ1n) is 9.09. The van der Waals surface area contributed by atoms with E-state index in [1.807, 2.05) is 0 Å². The fourth-order valence-electron chi connectivity index (χ4n) is 3.50. The van der Waals surface area contributed by atoms with Gasteiger partial charge in [0.25, 0.3) is 0 Å². The fourth-order valence-corrected chi connectivity index (χ4v) is 3.50. The summed E-state index contributed by atoms with van der Waals surface area (Å²) in [6.45, 7) is 15.0. The fraction of sp³-hybridized carbons (Fsp3) is 1.00. The lowest BCUT2D eigenvalue weighted by Gasteiger charge is -2.38. The molecule has 0 aromatic heterocycles. The molecule has 0 fully saturated rings. The Kier molecular flexibility index (Phi) is 17.2. The van der Waals surface area contributed by atoms with Crippen molar-refractivity contribution in [3.63, 3.8) is 0 Å². The second-order valence-electron chi connectivity index (χ2n) is 6.36. The normalized spacial score (nSPS) is 11.4. The highest BCUT2D eigenvalue weighted by Gasteiger charge is 2.23. The average Bonchev–Trinajstić information content (AvgIpc) is 2.39. The molecule has 0 aliphatic heterocycles. The van der Waals surface area contributed by atoms with Crippen LogP contribution in [-0.2, 0) is 0 Å². The molecule has 2 heteroatoms. The van der Waals surface area contributed by atoms with E-state index in [0.29, 0.717) is 0 Å². The van der Waals surface area contributed by atoms with E-state index in [1.165, 1.54) is 94.9 Å². The first-order valence-corrected chi connectivity index (χ1v) is 9.09. The summed E-state index contributed by atoms with van der Waals surface area (Å²) in [4.78, 5) is 0. The van der Waals surface area contributed by atoms with Gasteiger partial charge in [-0.15, -0.1) is 0 Å². The molecular weight excluding hydrogens is 241 g/mol. The molecule has 0 aromatic carbocycles. The van der Waals surface area contributed by atoms with Crippen LogP contribution in [0.5, 0.6) is 0 Å². The van der Waals surface area contributed by atoms with E-state index in [4.69, 9.17) is 0 Å². The average molecular weight is 285 g/mol. The highest BCUT2D eigenvalue weighted by Crippen LogP contribution is 2.15. The Balaban J connectivity index is 0. The largest absolute Gasteiger partial charge is 0.324 e. The van der Waals surface area contributed by atoms with Crippen molar-refractivity contribution < 1.29 is 4.48 Å². The van der Waals surface area contributed by atoms with Crippen LogP contribution in [0.4, 0.5) is 0 Å². The minimum atomic E-state index is 0. The second kappa shape index (κ2) is 15.4. The van der Waals surface area contributed by atoms with Crippen molar-refractivity contribution in [1.82, 2.24) is 0 Å². The maximum absolute atomic E-state index is 2.35. The van der Waals surface area contributed by atoms with Gasteiger partial charge in [0.2, 0.25) is 0 Å². The van der Waals surface area contributed by atoms with Gasteiger partial charge in [-0.3, -0.25) is 0 Å². The summed E-state index contributed by atoms with van der Waals surface area (Å²) in [6.07, 6.45) is 14.1. The molecule has 0 radical (unpaired) electrons. The molecule has 0 rings (SSSR count). The number of nitrogens with zero attached hydrogens (tertiary/aromatic N) is 1. The minimum Gasteiger partial charge on any atom is -0.324 e. The van der Waals surface area contributed by atoms with Crippen LogP contribution in [0.15, 0.2) is 0 Å². The van der Waals surface area contributed by atoms with Crippen molar-refractivity contribution >= 4 is 8.41 Å². The molecule has 0 aliphatic rings. The summed E-state index contributed by atoms with van der Waals surface area (Å²) >= 11 is 0. The number of hydrogen-bond donors (Lipinski definition) is 0. The van der Waals surface area contributed by atoms with E-state index >= 15 is 0 Å². The third kappa shape index (κ3) is 10.8. The quantitative estimate of drug-likeness (QED) is 0.253. The zero-order valence-electron chi connectivity index (χ0n) is 14.3. The molecule has 0 N–H and O–H groups in total. The molecule has 0 aliphatic carbocycles. The number of rotatable bonds is 14. The van der Waals surface area contributed by atoms with Crippen LogP contribution in [-0.4, -0.2) is 39.1 Å². The summed E-state index contributed by atoms with van der Waals surface area (Å²) in [6, 6.07) is 0. The van der Waals surface area contributed by atoms with E-state index in [1.54, 1.807) is 0 Å². The Bertz CT molecular complexity index is 165. The molecule has 0 saturated carbocycles. The Labute approximate surface area is 131 Å². The van der Waals surface area contributed by atoms with Crippen molar-refractivity contribution in [1.29, 1.82) is 0 Å². The molecular formula is C18H44BN. The van der Waals surface area contributed by atoms with Gasteiger partial charge in [-0.05, 0) is 32.1 Å². The molecule has 0 amide bonds. The number of unbranched alkanes of at least 4 members (excludes halogenated alkanes) is 6. The van der Waals surface area contributed by atoms with E-state index < -0.39 is 0 Å². The van der Waals surface area contributed by atoms with E-state index in [9.17, 15) is 0 Å². The lowest BCUT2D eigenvalue weighted by Crippen LogP contribution is -2.50. The van der Waals surface area contributed by atoms with Gasteiger partial charge in [0.15, 0.2) is 0 Å². The van der Waals surface area contributed by atoms with Crippen molar-refractivity contribution in [2.75, 3.05) is 26.2 Å². The van der Waals surface area contributed by atoms with Gasteiger partial charge in [0.1, 0.15) is 0 Å². The van der Waals surface area contributed by atoms with Gasteiger partial charge < -0.3 is 4.48 Å². The van der Waals surface area contributed by atoms with Crippen molar-refractivity contribution in [2.45, 2.75) is 91.9 Å². The van der Waals surface area contributed by atoms with E-state index in [2.05, 4.69) is 27.7 Å². The first kappa shape index (κ1) is 22.3. The predicted octanol–water partition coefficient (Wildman–Crippen LogP) is 4.33. The highest BCUT2D eigenvalue weighted by atomic mass is 15.3. The standard InChI is InChI=1S/C18H40N.BH4/c1-5-9-10-11-12-13-14-18-19(15-6-2,16-7-3)17-8-4;/h5-18H2,1-4H3;1H4/q+1;-1. The summed E-state index contributed by atoms with van der Waals surface area (Å²) in [5.74, 6) is 0. The third-order valence-corrected chi connectivity index (χ3v) is 4.33. The zero-order chi connectivity index (χ0) is 14.4. The van der Waals surface area contributed by atoms with Gasteiger partial charge in [0.05, 0.1) is 26.2 Å². The van der Waals surface area contributed by atoms with Gasteiger partial charge in [-0.2, -0.15) is 0 Å². The maximum atomic E-state index is 2.35. The zero-order valence-corrected chi connectivity index (χ0v) is 14.3. The topological polar surface area (TPSA) is 0 Å². The van der Waals surface area contributed by atoms with Crippen molar-refractivity contribution in [2.24, 2.45) is 0 Å². The first-order chi connectivity index (χ1) is 9.24. The summed E-state index contributed by atoms with van der Waals surface area (Å²) < 4.78 is 1.40. The Hall–Kier alpha value is 0.0249. The van der Waals surface area contributed by atoms with Crippen LogP contribution in [0.25, 0.3) is 0 Å². The van der Waals surface area contributed by atoms with Gasteiger partial charge in [0, 0.05) is 0 Å². The number of quaternary nitrogens is 1. The van der Waals surface area contributed by atoms with Crippen molar-refractivity contribution in [3.8, 4) is 0 Å². The Morgan fingerprint density at radius 2 is 0.850 bits per heavy atom. The number of hydrogen-bond acceptors (Lipinski definition) is 0. The third-order valence-electron chi connectivity index (χ3n) is 4.33. The summed E-state index contributed by atoms with van der Waals surface area (Å²) in [5, 5.41) is 0. The summed E-state index contributed by atoms with van der Waals surface area (Å²) in [7, 11) is 0. The van der Waals surface area contributed by atoms with Gasteiger partial charge in [-0.1, -0.05) is 68.2 Å². The molecule has 124 valence electrons. The molecule has 0 unspecified atom stereocenters. The monoisotopic (exact) mass is 285 g/mol. The van der Waals surface area contributed by atoms with Crippen molar-refractivity contribution in [3.05, 3.63) is 0 Å². The maximum Gasteiger partial charge on any atom is 0.0786 e. The van der Waals surface area contributed by atoms with Crippen LogP contribution in [0.3, 0.4) is 0 Å². The molecule has 20 heavy (non-hydrogen) atoms. The SMILES string of the molecule is CCCCCCCCC[N+](CCC)(CCC)CCC.[BH4-]. The van der Waals surface area contributed by atoms with Gasteiger partial charge in [-0.25, -0.2) is 0 Å². The molecule has 0 spiro atoms. The molecule has 0 heterocycles. The van der Waals surface area contributed by atoms with Gasteiger partial charge >= 0.3 is 0 Å². The molecule has 1 nitrogen and oxygen atoms in total. The van der Waals surface area contributed by atoms with Crippen LogP contribution < -0.4 is 0 Å². The second-order valence-corrected chi connectivity index (χ2v) is 6.36. The van der Waals surface area contributed by atoms with E-state index in [-0.39, 0.29) is 8.41 Å². The van der Waals surface area contributed by atoms with Crippen LogP contribution in [0.2, 0.25) is 0 Å². The molecule has 0 saturated heterocycles. The Morgan fingerprint density at radius 3 is 1.25 bits per heavy atom. The van der Waals surface area contributed by atoms with Crippen LogP contribution in [0.1, 0.15) is 91.9 Å². The predicted molar refractivity (Wildman–Crippen MR) is 99.9 cm³/mol. The lowest BCUT2D eigenvalue weighted by molar-refractivity contribution is -0.928. The molecule has 0 atom stereocenters. The van der Waals surface area contributed by atoms with Crippen LogP contribution in [0, 0.1) is 0 Å². The van der Waals surface area contributed by atoms with E-state index in [0.717, 1.165) is 0 Å². The Morgan fingerprint density at radius 1 is 0.450 bits per heavy atom. The molecule has 0 bridgehead atoms. The van der Waals surface area contributed by atoms with Crippen LogP contribution >= 0.6 is 0 Å². The minimum absolute atomic E-state index is 0. The molecule has 0 aromatic rings. The lowest BCUT2D eigenvalue weighted by atomic mass is 10.1. The highest BCUT2D eigenvalue weighted by molar-refractivity contribution is 5.75.